The lowest BCUT2D eigenvalue weighted by Gasteiger charge is -2.15. The summed E-state index contributed by atoms with van der Waals surface area (Å²) in [5, 5.41) is 7.40. The lowest BCUT2D eigenvalue weighted by Crippen LogP contribution is -2.25. The van der Waals surface area contributed by atoms with Gasteiger partial charge in [-0.2, -0.15) is 5.10 Å². The average Bonchev–Trinajstić information content (AvgIpc) is 3.05. The molecule has 0 fully saturated rings. The van der Waals surface area contributed by atoms with Gasteiger partial charge >= 0.3 is 6.09 Å². The van der Waals surface area contributed by atoms with Crippen molar-refractivity contribution < 1.29 is 18.7 Å². The molecule has 0 spiro atoms. The number of rotatable bonds is 5. The van der Waals surface area contributed by atoms with Crippen LogP contribution in [0.4, 0.5) is 20.6 Å². The summed E-state index contributed by atoms with van der Waals surface area (Å²) in [6.07, 6.45) is 2.42. The number of aromatic nitrogens is 2. The fourth-order valence-electron chi connectivity index (χ4n) is 2.81. The van der Waals surface area contributed by atoms with Gasteiger partial charge in [-0.05, 0) is 61.5 Å². The zero-order valence-corrected chi connectivity index (χ0v) is 17.9. The second-order valence-corrected chi connectivity index (χ2v) is 6.93. The van der Waals surface area contributed by atoms with Crippen molar-refractivity contribution in [2.45, 2.75) is 6.92 Å². The number of hydrogen-bond donors (Lipinski definition) is 1. The third-order valence-corrected chi connectivity index (χ3v) is 4.85. The predicted octanol–water partition coefficient (Wildman–Crippen LogP) is 4.83. The molecular formula is C22H20ClFN4O3. The Hall–Kier alpha value is -3.65. The van der Waals surface area contributed by atoms with Crippen molar-refractivity contribution >= 4 is 41.1 Å². The highest BCUT2D eigenvalue weighted by atomic mass is 35.5. The van der Waals surface area contributed by atoms with E-state index in [1.165, 1.54) is 34.9 Å². The molecule has 0 radical (unpaired) electrons. The fourth-order valence-corrected chi connectivity index (χ4v) is 3.14. The number of nitrogens with one attached hydrogen (secondary N) is 1. The third kappa shape index (κ3) is 5.10. The summed E-state index contributed by atoms with van der Waals surface area (Å²) in [5.74, 6) is -0.718. The Morgan fingerprint density at radius 3 is 2.42 bits per heavy atom. The van der Waals surface area contributed by atoms with Crippen LogP contribution in [-0.2, 0) is 9.53 Å². The topological polar surface area (TPSA) is 76.5 Å². The van der Waals surface area contributed by atoms with Gasteiger partial charge in [-0.25, -0.2) is 13.9 Å². The number of anilines is 2. The molecule has 0 aliphatic heterocycles. The summed E-state index contributed by atoms with van der Waals surface area (Å²) in [5.41, 5.74) is 2.98. The van der Waals surface area contributed by atoms with E-state index in [0.29, 0.717) is 33.5 Å². The number of hydrogen-bond acceptors (Lipinski definition) is 4. The van der Waals surface area contributed by atoms with Gasteiger partial charge < -0.3 is 10.1 Å². The van der Waals surface area contributed by atoms with Gasteiger partial charge in [-0.15, -0.1) is 0 Å². The van der Waals surface area contributed by atoms with Crippen molar-refractivity contribution in [3.63, 3.8) is 0 Å². The SMILES string of the molecule is COC(=O)N(C)c1ccc(NC(=O)C=Cc2c(C)nn(-c3ccc(F)cc3)c2Cl)cc1. The van der Waals surface area contributed by atoms with E-state index in [-0.39, 0.29) is 11.7 Å². The normalized spacial score (nSPS) is 10.9. The summed E-state index contributed by atoms with van der Waals surface area (Å²) in [6.45, 7) is 1.76. The Labute approximate surface area is 183 Å². The predicted molar refractivity (Wildman–Crippen MR) is 118 cm³/mol. The zero-order chi connectivity index (χ0) is 22.5. The van der Waals surface area contributed by atoms with Gasteiger partial charge in [0.1, 0.15) is 11.0 Å². The van der Waals surface area contributed by atoms with Crippen LogP contribution in [0.1, 0.15) is 11.3 Å². The molecule has 0 aliphatic rings. The van der Waals surface area contributed by atoms with Crippen LogP contribution >= 0.6 is 11.6 Å². The van der Waals surface area contributed by atoms with Gasteiger partial charge in [0.25, 0.3) is 0 Å². The molecule has 31 heavy (non-hydrogen) atoms. The molecule has 2 amide bonds. The van der Waals surface area contributed by atoms with Gasteiger partial charge in [-0.3, -0.25) is 9.69 Å². The summed E-state index contributed by atoms with van der Waals surface area (Å²) in [4.78, 5) is 25.2. The lowest BCUT2D eigenvalue weighted by molar-refractivity contribution is -0.111. The number of methoxy groups -OCH3 is 1. The maximum Gasteiger partial charge on any atom is 0.413 e. The molecule has 0 aliphatic carbocycles. The Balaban J connectivity index is 1.70. The summed E-state index contributed by atoms with van der Waals surface area (Å²) >= 11 is 6.41. The smallest absolute Gasteiger partial charge is 0.413 e. The second kappa shape index (κ2) is 9.44. The van der Waals surface area contributed by atoms with Gasteiger partial charge in [0.15, 0.2) is 0 Å². The molecule has 0 saturated carbocycles. The van der Waals surface area contributed by atoms with Crippen molar-refractivity contribution in [1.82, 2.24) is 9.78 Å². The highest BCUT2D eigenvalue weighted by Gasteiger charge is 2.13. The standard InChI is InChI=1S/C22H20ClFN4O3/c1-14-19(21(23)28(26-14)18-8-4-15(24)5-9-18)12-13-20(29)25-16-6-10-17(11-7-16)27(2)22(30)31-3/h4-13H,1-3H3,(H,25,29). The van der Waals surface area contributed by atoms with E-state index in [0.717, 1.165) is 0 Å². The Bertz CT molecular complexity index is 1120. The Morgan fingerprint density at radius 1 is 1.16 bits per heavy atom. The van der Waals surface area contributed by atoms with Crippen molar-refractivity contribution in [2.75, 3.05) is 24.4 Å². The van der Waals surface area contributed by atoms with Gasteiger partial charge in [0.2, 0.25) is 5.91 Å². The van der Waals surface area contributed by atoms with Crippen LogP contribution in [0.5, 0.6) is 0 Å². The van der Waals surface area contributed by atoms with E-state index >= 15 is 0 Å². The number of carbonyl (C=O) groups excluding carboxylic acids is 2. The number of carbonyl (C=O) groups is 2. The van der Waals surface area contributed by atoms with E-state index in [2.05, 4.69) is 15.2 Å². The minimum Gasteiger partial charge on any atom is -0.452 e. The molecule has 0 unspecified atom stereocenters. The van der Waals surface area contributed by atoms with E-state index in [1.807, 2.05) is 0 Å². The minimum absolute atomic E-state index is 0.309. The average molecular weight is 443 g/mol. The maximum absolute atomic E-state index is 13.1. The Kier molecular flexibility index (Phi) is 6.71. The van der Waals surface area contributed by atoms with Crippen LogP contribution in [0.2, 0.25) is 5.15 Å². The lowest BCUT2D eigenvalue weighted by atomic mass is 10.2. The monoisotopic (exact) mass is 442 g/mol. The molecule has 1 heterocycles. The van der Waals surface area contributed by atoms with Gasteiger partial charge in [0.05, 0.1) is 18.5 Å². The number of amides is 2. The molecule has 0 bridgehead atoms. The number of aryl methyl sites for hydroxylation is 1. The summed E-state index contributed by atoms with van der Waals surface area (Å²) < 4.78 is 19.3. The summed E-state index contributed by atoms with van der Waals surface area (Å²) in [7, 11) is 2.89. The van der Waals surface area contributed by atoms with Crippen LogP contribution in [0.3, 0.4) is 0 Å². The highest BCUT2D eigenvalue weighted by Crippen LogP contribution is 2.25. The first-order valence-electron chi connectivity index (χ1n) is 9.22. The maximum atomic E-state index is 13.1. The highest BCUT2D eigenvalue weighted by molar-refractivity contribution is 6.31. The second-order valence-electron chi connectivity index (χ2n) is 6.58. The van der Waals surface area contributed by atoms with Crippen LogP contribution in [0, 0.1) is 12.7 Å². The van der Waals surface area contributed by atoms with Crippen LogP contribution in [-0.4, -0.2) is 35.9 Å². The molecule has 1 N–H and O–H groups in total. The first-order valence-corrected chi connectivity index (χ1v) is 9.60. The number of ether oxygens (including phenoxy) is 1. The molecule has 7 nitrogen and oxygen atoms in total. The molecule has 0 atom stereocenters. The first-order chi connectivity index (χ1) is 14.8. The first kappa shape index (κ1) is 22.0. The molecule has 1 aromatic heterocycles. The van der Waals surface area contributed by atoms with Crippen molar-refractivity contribution in [2.24, 2.45) is 0 Å². The number of nitrogens with zero attached hydrogens (tertiary/aromatic N) is 3. The largest absolute Gasteiger partial charge is 0.452 e. The third-order valence-electron chi connectivity index (χ3n) is 4.49. The van der Waals surface area contributed by atoms with Crippen molar-refractivity contribution in [1.29, 1.82) is 0 Å². The molecule has 9 heteroatoms. The van der Waals surface area contributed by atoms with Gasteiger partial charge in [-0.1, -0.05) is 11.6 Å². The van der Waals surface area contributed by atoms with Crippen LogP contribution in [0.25, 0.3) is 11.8 Å². The van der Waals surface area contributed by atoms with Gasteiger partial charge in [0, 0.05) is 30.1 Å². The quantitative estimate of drug-likeness (QED) is 0.574. The van der Waals surface area contributed by atoms with Crippen LogP contribution < -0.4 is 10.2 Å². The van der Waals surface area contributed by atoms with Crippen molar-refractivity contribution in [3.05, 3.63) is 76.8 Å². The van der Waals surface area contributed by atoms with E-state index in [1.54, 1.807) is 56.4 Å². The zero-order valence-electron chi connectivity index (χ0n) is 17.1. The minimum atomic E-state index is -0.492. The number of halogens is 2. The van der Waals surface area contributed by atoms with E-state index in [9.17, 15) is 14.0 Å². The molecule has 3 rings (SSSR count). The molecule has 160 valence electrons. The molecular weight excluding hydrogens is 423 g/mol. The molecule has 3 aromatic rings. The number of benzene rings is 2. The molecule has 2 aromatic carbocycles. The molecule has 0 saturated heterocycles. The Morgan fingerprint density at radius 2 is 1.81 bits per heavy atom. The van der Waals surface area contributed by atoms with E-state index < -0.39 is 6.09 Å². The fraction of sp³-hybridized carbons (Fsp3) is 0.136. The summed E-state index contributed by atoms with van der Waals surface area (Å²) in [6, 6.07) is 12.5. The van der Waals surface area contributed by atoms with E-state index in [4.69, 9.17) is 11.6 Å². The van der Waals surface area contributed by atoms with Crippen LogP contribution in [0.15, 0.2) is 54.6 Å². The van der Waals surface area contributed by atoms with Crippen molar-refractivity contribution in [3.8, 4) is 5.69 Å².